The highest BCUT2D eigenvalue weighted by atomic mass is 14.1. The van der Waals surface area contributed by atoms with Crippen LogP contribution in [0.25, 0.3) is 16.7 Å². The van der Waals surface area contributed by atoms with Crippen LogP contribution in [0.1, 0.15) is 55.9 Å². The maximum absolute atomic E-state index is 2.29. The third-order valence-electron chi connectivity index (χ3n) is 5.53. The van der Waals surface area contributed by atoms with Gasteiger partial charge in [-0.15, -0.1) is 0 Å². The van der Waals surface area contributed by atoms with Crippen molar-refractivity contribution in [2.45, 2.75) is 47.0 Å². The second-order valence-electron chi connectivity index (χ2n) is 7.55. The van der Waals surface area contributed by atoms with E-state index in [1.165, 1.54) is 50.9 Å². The van der Waals surface area contributed by atoms with Gasteiger partial charge in [-0.25, -0.2) is 0 Å². The Bertz CT molecular complexity index is 1000. The van der Waals surface area contributed by atoms with Crippen LogP contribution in [0.5, 0.6) is 0 Å². The highest BCUT2D eigenvalue weighted by Crippen LogP contribution is 2.30. The van der Waals surface area contributed by atoms with Crippen LogP contribution in [0, 0.1) is 6.92 Å². The minimum Gasteiger partial charge on any atom is -0.0730 e. The van der Waals surface area contributed by atoms with Crippen molar-refractivity contribution in [3.05, 3.63) is 113 Å². The molecule has 29 heavy (non-hydrogen) atoms. The molecule has 0 radical (unpaired) electrons. The molecule has 148 valence electrons. The third-order valence-corrected chi connectivity index (χ3v) is 5.53. The summed E-state index contributed by atoms with van der Waals surface area (Å²) in [6, 6.07) is 26.6. The fraction of sp³-hybridized carbons (Fsp3) is 0.241. The van der Waals surface area contributed by atoms with Gasteiger partial charge >= 0.3 is 0 Å². The molecule has 0 nitrogen and oxygen atoms in total. The van der Waals surface area contributed by atoms with Crippen molar-refractivity contribution in [2.24, 2.45) is 0 Å². The number of rotatable bonds is 4. The SMILES string of the molecule is CC.CC1=CC=C(c2ccc(Cc3ccccc3-c3ccccc3C)cc2)CC1. The van der Waals surface area contributed by atoms with E-state index >= 15 is 0 Å². The fourth-order valence-electron chi connectivity index (χ4n) is 3.85. The quantitative estimate of drug-likeness (QED) is 0.426. The lowest BCUT2D eigenvalue weighted by molar-refractivity contribution is 0.976. The molecule has 0 saturated heterocycles. The number of allylic oxidation sites excluding steroid dienone is 4. The van der Waals surface area contributed by atoms with Gasteiger partial charge in [0.05, 0.1) is 0 Å². The van der Waals surface area contributed by atoms with Gasteiger partial charge in [-0.1, -0.05) is 104 Å². The molecule has 4 rings (SSSR count). The molecule has 0 fully saturated rings. The second-order valence-corrected chi connectivity index (χ2v) is 7.55. The van der Waals surface area contributed by atoms with Crippen molar-refractivity contribution in [3.63, 3.8) is 0 Å². The van der Waals surface area contributed by atoms with Gasteiger partial charge in [0.2, 0.25) is 0 Å². The van der Waals surface area contributed by atoms with Crippen molar-refractivity contribution in [1.82, 2.24) is 0 Å². The predicted octanol–water partition coefficient (Wildman–Crippen LogP) is 8.40. The Balaban J connectivity index is 0.00000117. The Morgan fingerprint density at radius 1 is 0.655 bits per heavy atom. The van der Waals surface area contributed by atoms with Gasteiger partial charge in [0.15, 0.2) is 0 Å². The molecule has 0 saturated carbocycles. The van der Waals surface area contributed by atoms with Gasteiger partial charge in [0.25, 0.3) is 0 Å². The Morgan fingerprint density at radius 3 is 1.97 bits per heavy atom. The van der Waals surface area contributed by atoms with Gasteiger partial charge in [0.1, 0.15) is 0 Å². The van der Waals surface area contributed by atoms with E-state index in [1.807, 2.05) is 13.8 Å². The lowest BCUT2D eigenvalue weighted by Gasteiger charge is -2.14. The topological polar surface area (TPSA) is 0 Å². The summed E-state index contributed by atoms with van der Waals surface area (Å²) in [4.78, 5) is 0. The fourth-order valence-corrected chi connectivity index (χ4v) is 3.85. The average molecular weight is 381 g/mol. The molecule has 3 aromatic carbocycles. The Morgan fingerprint density at radius 2 is 1.31 bits per heavy atom. The van der Waals surface area contributed by atoms with E-state index in [0.29, 0.717) is 0 Å². The summed E-state index contributed by atoms with van der Waals surface area (Å²) in [5, 5.41) is 0. The van der Waals surface area contributed by atoms with Gasteiger partial charge < -0.3 is 0 Å². The van der Waals surface area contributed by atoms with E-state index in [2.05, 4.69) is 98.8 Å². The molecule has 0 heterocycles. The molecule has 0 spiro atoms. The highest BCUT2D eigenvalue weighted by Gasteiger charge is 2.09. The molecule has 0 aromatic heterocycles. The van der Waals surface area contributed by atoms with E-state index < -0.39 is 0 Å². The van der Waals surface area contributed by atoms with Crippen LogP contribution in [0.2, 0.25) is 0 Å². The van der Waals surface area contributed by atoms with E-state index in [0.717, 1.165) is 12.8 Å². The summed E-state index contributed by atoms with van der Waals surface area (Å²) in [6.07, 6.45) is 7.82. The molecule has 3 aromatic rings. The van der Waals surface area contributed by atoms with Crippen LogP contribution >= 0.6 is 0 Å². The van der Waals surface area contributed by atoms with Crippen LogP contribution in [0.4, 0.5) is 0 Å². The Kier molecular flexibility index (Phi) is 7.25. The maximum atomic E-state index is 2.29. The van der Waals surface area contributed by atoms with Gasteiger partial charge in [-0.2, -0.15) is 0 Å². The molecule has 1 aliphatic carbocycles. The van der Waals surface area contributed by atoms with Crippen LogP contribution in [0.15, 0.2) is 90.5 Å². The standard InChI is InChI=1S/C27H26.C2H6/c1-20-11-15-23(16-12-20)24-17-13-22(14-18-24)19-25-8-4-6-10-27(25)26-9-5-3-7-21(26)2;1-2/h3-11,13-15,17-18H,12,16,19H2,1-2H3;1-2H3. The monoisotopic (exact) mass is 380 g/mol. The lowest BCUT2D eigenvalue weighted by atomic mass is 9.91. The average Bonchev–Trinajstić information content (AvgIpc) is 2.77. The minimum absolute atomic E-state index is 0.961. The molecule has 0 aliphatic heterocycles. The van der Waals surface area contributed by atoms with E-state index in [1.54, 1.807) is 0 Å². The molecule has 0 amide bonds. The predicted molar refractivity (Wildman–Crippen MR) is 128 cm³/mol. The number of aryl methyl sites for hydroxylation is 1. The van der Waals surface area contributed by atoms with Crippen LogP contribution < -0.4 is 0 Å². The van der Waals surface area contributed by atoms with E-state index in [-0.39, 0.29) is 0 Å². The first-order chi connectivity index (χ1) is 14.2. The molecule has 0 heteroatoms. The first-order valence-electron chi connectivity index (χ1n) is 10.8. The minimum atomic E-state index is 0.961. The van der Waals surface area contributed by atoms with Crippen molar-refractivity contribution in [1.29, 1.82) is 0 Å². The summed E-state index contributed by atoms with van der Waals surface area (Å²) >= 11 is 0. The van der Waals surface area contributed by atoms with Gasteiger partial charge in [0, 0.05) is 0 Å². The molecule has 1 aliphatic rings. The molecule has 0 bridgehead atoms. The normalized spacial score (nSPS) is 13.1. The van der Waals surface area contributed by atoms with Crippen molar-refractivity contribution < 1.29 is 0 Å². The molecular formula is C29H32. The summed E-state index contributed by atoms with van der Waals surface area (Å²) in [5.74, 6) is 0. The summed E-state index contributed by atoms with van der Waals surface area (Å²) in [7, 11) is 0. The number of hydrogen-bond acceptors (Lipinski definition) is 0. The first-order valence-corrected chi connectivity index (χ1v) is 10.8. The zero-order valence-corrected chi connectivity index (χ0v) is 18.2. The maximum Gasteiger partial charge on any atom is -0.00196 e. The van der Waals surface area contributed by atoms with Crippen LogP contribution in [-0.4, -0.2) is 0 Å². The lowest BCUT2D eigenvalue weighted by Crippen LogP contribution is -1.95. The van der Waals surface area contributed by atoms with Crippen molar-refractivity contribution in [2.75, 3.05) is 0 Å². The number of hydrogen-bond donors (Lipinski definition) is 0. The molecule has 0 atom stereocenters. The van der Waals surface area contributed by atoms with E-state index in [4.69, 9.17) is 0 Å². The smallest absolute Gasteiger partial charge is 0.00196 e. The first kappa shape index (κ1) is 20.9. The summed E-state index contributed by atoms with van der Waals surface area (Å²) in [6.45, 7) is 8.40. The largest absolute Gasteiger partial charge is 0.0730 e. The Labute approximate surface area is 176 Å². The second kappa shape index (κ2) is 10.1. The Hall–Kier alpha value is -2.86. The molecule has 0 N–H and O–H groups in total. The molecular weight excluding hydrogens is 348 g/mol. The van der Waals surface area contributed by atoms with Crippen molar-refractivity contribution >= 4 is 5.57 Å². The van der Waals surface area contributed by atoms with Crippen LogP contribution in [0.3, 0.4) is 0 Å². The zero-order chi connectivity index (χ0) is 20.6. The number of benzene rings is 3. The third kappa shape index (κ3) is 5.15. The van der Waals surface area contributed by atoms with Gasteiger partial charge in [-0.3, -0.25) is 0 Å². The van der Waals surface area contributed by atoms with E-state index in [9.17, 15) is 0 Å². The van der Waals surface area contributed by atoms with Crippen molar-refractivity contribution in [3.8, 4) is 11.1 Å². The van der Waals surface area contributed by atoms with Crippen LogP contribution in [-0.2, 0) is 6.42 Å². The summed E-state index contributed by atoms with van der Waals surface area (Å²) in [5.41, 5.74) is 11.0. The zero-order valence-electron chi connectivity index (χ0n) is 18.2. The molecule has 0 unspecified atom stereocenters. The van der Waals surface area contributed by atoms with Gasteiger partial charge in [-0.05, 0) is 72.1 Å². The summed E-state index contributed by atoms with van der Waals surface area (Å²) < 4.78 is 0. The highest BCUT2D eigenvalue weighted by molar-refractivity contribution is 5.71.